The second-order valence-corrected chi connectivity index (χ2v) is 5.00. The zero-order valence-electron chi connectivity index (χ0n) is 12.2. The maximum atomic E-state index is 5.98. The minimum Gasteiger partial charge on any atom is -0.421 e. The molecule has 1 N–H and O–H groups in total. The average molecular weight is 331 g/mol. The summed E-state index contributed by atoms with van der Waals surface area (Å²) in [6.07, 6.45) is 0.168. The third kappa shape index (κ3) is 4.46. The van der Waals surface area contributed by atoms with Gasteiger partial charge in [0.2, 0.25) is 0 Å². The molecule has 3 aromatic carbocycles. The van der Waals surface area contributed by atoms with E-state index in [9.17, 15) is 0 Å². The molecule has 1 unspecified atom stereocenters. The third-order valence-electron chi connectivity index (χ3n) is 3.51. The van der Waals surface area contributed by atoms with Crippen molar-refractivity contribution in [2.75, 3.05) is 6.54 Å². The van der Waals surface area contributed by atoms with Crippen LogP contribution >= 0.6 is 0 Å². The van der Waals surface area contributed by atoms with E-state index >= 15 is 0 Å². The maximum absolute atomic E-state index is 5.98. The molecule has 1 atom stereocenters. The fourth-order valence-electron chi connectivity index (χ4n) is 2.42. The van der Waals surface area contributed by atoms with Crippen molar-refractivity contribution in [2.45, 2.75) is 6.10 Å². The van der Waals surface area contributed by atoms with Crippen LogP contribution in [0.25, 0.3) is 0 Å². The fourth-order valence-corrected chi connectivity index (χ4v) is 2.42. The fraction of sp³-hybridized carbons (Fsp3) is 0.111. The summed E-state index contributed by atoms with van der Waals surface area (Å²) < 4.78 is 5.98. The van der Waals surface area contributed by atoms with Crippen LogP contribution in [0.5, 0.6) is 0 Å². The molecule has 0 saturated carbocycles. The Morgan fingerprint density at radius 1 is 0.955 bits per heavy atom. The molecule has 0 aliphatic carbocycles. The van der Waals surface area contributed by atoms with E-state index in [0.29, 0.717) is 0 Å². The van der Waals surface area contributed by atoms with Crippen LogP contribution < -0.4 is 10.7 Å². The van der Waals surface area contributed by atoms with Crippen molar-refractivity contribution in [1.82, 2.24) is 5.23 Å². The van der Waals surface area contributed by atoms with Crippen LogP contribution in [-0.4, -0.2) is 13.6 Å². The Labute approximate surface area is 142 Å². The van der Waals surface area contributed by atoms with Crippen molar-refractivity contribution >= 4 is 12.5 Å². The second kappa shape index (κ2) is 8.77. The van der Waals surface area contributed by atoms with E-state index in [4.69, 9.17) is 4.65 Å². The Morgan fingerprint density at radius 3 is 2.32 bits per heavy atom. The first kappa shape index (κ1) is 16.8. The first-order valence-electron chi connectivity index (χ1n) is 7.25. The molecule has 0 amide bonds. The van der Waals surface area contributed by atoms with E-state index < -0.39 is 0 Å². The number of rotatable bonds is 2. The molecule has 1 aliphatic heterocycles. The number of nitrogens with one attached hydrogen (secondary N) is 1. The summed E-state index contributed by atoms with van der Waals surface area (Å²) in [5.74, 6) is 0. The van der Waals surface area contributed by atoms with Crippen LogP contribution in [0.2, 0.25) is 0 Å². The van der Waals surface area contributed by atoms with Gasteiger partial charge in [0, 0.05) is 23.6 Å². The molecule has 4 heteroatoms. The Kier molecular flexibility index (Phi) is 6.69. The summed E-state index contributed by atoms with van der Waals surface area (Å²) in [6.45, 7) is 0.875. The zero-order chi connectivity index (χ0) is 14.3. The van der Waals surface area contributed by atoms with Gasteiger partial charge in [0.05, 0.1) is 6.10 Å². The van der Waals surface area contributed by atoms with E-state index in [1.807, 2.05) is 48.5 Å². The van der Waals surface area contributed by atoms with Gasteiger partial charge in [0.15, 0.2) is 0 Å². The average Bonchev–Trinajstić information content (AvgIpc) is 3.30. The van der Waals surface area contributed by atoms with Crippen molar-refractivity contribution < 1.29 is 21.7 Å². The van der Waals surface area contributed by atoms with Gasteiger partial charge in [-0.25, -0.2) is 18.2 Å². The normalized spacial score (nSPS) is 16.5. The molecule has 0 spiro atoms. The number of hydrogen-bond donors (Lipinski definition) is 1. The molecular weight excluding hydrogens is 313 g/mol. The zero-order valence-corrected chi connectivity index (χ0v) is 13.3. The van der Waals surface area contributed by atoms with Crippen LogP contribution in [0.3, 0.4) is 0 Å². The molecule has 114 valence electrons. The standard InChI is InChI=1S/C13H13BNO.C5H5.Fe/c1-2-6-11(7-3-1)13-10-15-14(16-13)12-8-4-5-9-12;1-2-4-5-3-1;/h1-9,13,15H,10H2;1-5H;/q2*-1;. The van der Waals surface area contributed by atoms with Crippen molar-refractivity contribution in [3.05, 3.63) is 90.5 Å². The third-order valence-corrected chi connectivity index (χ3v) is 3.51. The minimum atomic E-state index is 0. The van der Waals surface area contributed by atoms with E-state index in [-0.39, 0.29) is 30.2 Å². The summed E-state index contributed by atoms with van der Waals surface area (Å²) in [7, 11) is 0.0419. The molecule has 22 heavy (non-hydrogen) atoms. The Balaban J connectivity index is 0.000000253. The van der Waals surface area contributed by atoms with Gasteiger partial charge in [0.25, 0.3) is 0 Å². The summed E-state index contributed by atoms with van der Waals surface area (Å²) in [5, 5.41) is 3.39. The van der Waals surface area contributed by atoms with Gasteiger partial charge in [-0.1, -0.05) is 30.3 Å². The second-order valence-electron chi connectivity index (χ2n) is 5.00. The monoisotopic (exact) mass is 331 g/mol. The first-order valence-corrected chi connectivity index (χ1v) is 7.25. The number of benzene rings is 1. The molecule has 1 aliphatic rings. The van der Waals surface area contributed by atoms with Gasteiger partial charge in [-0.05, 0) is 5.56 Å². The summed E-state index contributed by atoms with van der Waals surface area (Å²) >= 11 is 0. The van der Waals surface area contributed by atoms with Gasteiger partial charge < -0.3 is 9.88 Å². The topological polar surface area (TPSA) is 21.3 Å². The molecular formula is C18H18BFeNO-2. The van der Waals surface area contributed by atoms with Crippen molar-refractivity contribution in [2.24, 2.45) is 0 Å². The molecule has 2 nitrogen and oxygen atoms in total. The van der Waals surface area contributed by atoms with Gasteiger partial charge in [-0.3, -0.25) is 0 Å². The van der Waals surface area contributed by atoms with Gasteiger partial charge in [0.1, 0.15) is 0 Å². The quantitative estimate of drug-likeness (QED) is 0.576. The molecule has 0 bridgehead atoms. The maximum Gasteiger partial charge on any atom is 0.330 e. The predicted molar refractivity (Wildman–Crippen MR) is 87.7 cm³/mol. The summed E-state index contributed by atoms with van der Waals surface area (Å²) in [5.41, 5.74) is 2.45. The Morgan fingerprint density at radius 2 is 1.73 bits per heavy atom. The van der Waals surface area contributed by atoms with Crippen LogP contribution in [0.15, 0.2) is 84.9 Å². The van der Waals surface area contributed by atoms with Crippen molar-refractivity contribution in [3.63, 3.8) is 0 Å². The Hall–Kier alpha value is -1.58. The molecule has 3 aromatic rings. The largest absolute Gasteiger partial charge is 0.421 e. The van der Waals surface area contributed by atoms with E-state index in [0.717, 1.165) is 6.54 Å². The number of hydrogen-bond acceptors (Lipinski definition) is 2. The van der Waals surface area contributed by atoms with E-state index in [1.54, 1.807) is 0 Å². The molecule has 1 saturated heterocycles. The van der Waals surface area contributed by atoms with Gasteiger partial charge in [-0.2, -0.15) is 41.9 Å². The van der Waals surface area contributed by atoms with Crippen molar-refractivity contribution in [3.8, 4) is 0 Å². The van der Waals surface area contributed by atoms with Crippen molar-refractivity contribution in [1.29, 1.82) is 0 Å². The molecule has 1 fully saturated rings. The first-order chi connectivity index (χ1) is 10.4. The smallest absolute Gasteiger partial charge is 0.330 e. The van der Waals surface area contributed by atoms with Crippen LogP contribution in [0, 0.1) is 0 Å². The predicted octanol–water partition coefficient (Wildman–Crippen LogP) is 2.86. The van der Waals surface area contributed by atoms with E-state index in [2.05, 4.69) is 41.6 Å². The molecule has 0 aromatic heterocycles. The molecule has 0 radical (unpaired) electrons. The van der Waals surface area contributed by atoms with E-state index in [1.165, 1.54) is 11.0 Å². The van der Waals surface area contributed by atoms with Crippen LogP contribution in [-0.2, 0) is 21.7 Å². The molecule has 1 heterocycles. The summed E-state index contributed by atoms with van der Waals surface area (Å²) in [4.78, 5) is 0. The van der Waals surface area contributed by atoms with Gasteiger partial charge in [-0.15, -0.1) is 0 Å². The van der Waals surface area contributed by atoms with Gasteiger partial charge >= 0.3 is 7.05 Å². The minimum absolute atomic E-state index is 0. The molecule has 4 rings (SSSR count). The summed E-state index contributed by atoms with van der Waals surface area (Å²) in [6, 6.07) is 28.6. The van der Waals surface area contributed by atoms with Crippen LogP contribution in [0.1, 0.15) is 11.7 Å². The van der Waals surface area contributed by atoms with Crippen LogP contribution in [0.4, 0.5) is 0 Å². The Bertz CT molecular complexity index is 593. The SMILES string of the molecule is [Fe].c1cc[cH-]c1.c1ccc(C2CNB(c3cc[cH-]c3)O2)cc1.